The Balaban J connectivity index is 1.64. The monoisotopic (exact) mass is 417 g/mol. The average Bonchev–Trinajstić information content (AvgIpc) is 2.71. The number of hydrogen-bond donors (Lipinski definition) is 1. The molecule has 0 amide bonds. The maximum atomic E-state index is 15.0. The van der Waals surface area contributed by atoms with Crippen LogP contribution in [0, 0.1) is 11.7 Å². The van der Waals surface area contributed by atoms with Gasteiger partial charge in [0.25, 0.3) is 0 Å². The molecule has 0 radical (unpaired) electrons. The number of nitrogens with two attached hydrogens (primary N) is 1. The molecule has 0 aliphatic heterocycles. The molecule has 0 saturated heterocycles. The number of ether oxygens (including phenoxy) is 1. The highest BCUT2D eigenvalue weighted by molar-refractivity contribution is 5.72. The Morgan fingerprint density at radius 2 is 1.87 bits per heavy atom. The lowest BCUT2D eigenvalue weighted by Crippen LogP contribution is -2.53. The van der Waals surface area contributed by atoms with Crippen molar-refractivity contribution >= 4 is 5.97 Å². The van der Waals surface area contributed by atoms with Crippen LogP contribution in [0.2, 0.25) is 0 Å². The summed E-state index contributed by atoms with van der Waals surface area (Å²) in [4.78, 5) is 12.3. The van der Waals surface area contributed by atoms with E-state index in [2.05, 4.69) is 13.8 Å². The summed E-state index contributed by atoms with van der Waals surface area (Å²) in [5.41, 5.74) is 8.20. The zero-order valence-corrected chi connectivity index (χ0v) is 19.0. The Bertz CT molecular complexity index is 719. The third-order valence-corrected chi connectivity index (χ3v) is 7.48. The van der Waals surface area contributed by atoms with Crippen molar-refractivity contribution < 1.29 is 13.9 Å². The molecule has 2 aliphatic rings. The maximum absolute atomic E-state index is 15.0. The van der Waals surface area contributed by atoms with Gasteiger partial charge in [0.1, 0.15) is 11.6 Å². The highest BCUT2D eigenvalue weighted by Crippen LogP contribution is 2.47. The van der Waals surface area contributed by atoms with E-state index in [9.17, 15) is 4.79 Å². The van der Waals surface area contributed by atoms with Gasteiger partial charge in [-0.05, 0) is 48.8 Å². The van der Waals surface area contributed by atoms with Crippen LogP contribution >= 0.6 is 0 Å². The quantitative estimate of drug-likeness (QED) is 0.280. The highest BCUT2D eigenvalue weighted by Gasteiger charge is 2.45. The standard InChI is InChI=1S/C26H40FNO2/c1-3-4-5-6-7-8-11-14-24(29)30-20-17-22-21(23(27)18-20)16-19-13-10-9-12-15-26(22,2)25(19)28/h17-19,25H,3-16,28H2,1-2H3/t19?,25-,26+/m0/s1. The van der Waals surface area contributed by atoms with Gasteiger partial charge >= 0.3 is 5.97 Å². The Morgan fingerprint density at radius 3 is 2.63 bits per heavy atom. The van der Waals surface area contributed by atoms with Crippen molar-refractivity contribution in [2.45, 2.75) is 115 Å². The molecule has 1 aromatic rings. The molecule has 3 nitrogen and oxygen atoms in total. The first-order valence-electron chi connectivity index (χ1n) is 12.2. The van der Waals surface area contributed by atoms with E-state index in [1.54, 1.807) is 0 Å². The van der Waals surface area contributed by atoms with Crippen LogP contribution in [-0.2, 0) is 16.6 Å². The average molecular weight is 418 g/mol. The van der Waals surface area contributed by atoms with E-state index in [-0.39, 0.29) is 23.2 Å². The van der Waals surface area contributed by atoms with Crippen molar-refractivity contribution in [1.82, 2.24) is 0 Å². The zero-order valence-electron chi connectivity index (χ0n) is 19.0. The second kappa shape index (κ2) is 10.7. The van der Waals surface area contributed by atoms with Gasteiger partial charge < -0.3 is 10.5 Å². The first kappa shape index (κ1) is 23.2. The van der Waals surface area contributed by atoms with Gasteiger partial charge in [-0.1, -0.05) is 71.6 Å². The predicted molar refractivity (Wildman–Crippen MR) is 120 cm³/mol. The van der Waals surface area contributed by atoms with Crippen molar-refractivity contribution in [3.05, 3.63) is 29.1 Å². The van der Waals surface area contributed by atoms with E-state index in [0.717, 1.165) is 49.7 Å². The van der Waals surface area contributed by atoms with Crippen LogP contribution in [0.15, 0.2) is 12.1 Å². The number of carbonyl (C=O) groups excluding carboxylic acids is 1. The van der Waals surface area contributed by atoms with E-state index in [4.69, 9.17) is 10.5 Å². The maximum Gasteiger partial charge on any atom is 0.311 e. The topological polar surface area (TPSA) is 52.3 Å². The summed E-state index contributed by atoms with van der Waals surface area (Å²) in [5.74, 6) is 0.176. The molecule has 1 aromatic carbocycles. The molecule has 2 aliphatic carbocycles. The van der Waals surface area contributed by atoms with Gasteiger partial charge in [0.05, 0.1) is 0 Å². The van der Waals surface area contributed by atoms with Gasteiger partial charge in [-0.3, -0.25) is 4.79 Å². The summed E-state index contributed by atoms with van der Waals surface area (Å²) in [6.07, 6.45) is 14.7. The number of halogens is 1. The van der Waals surface area contributed by atoms with Crippen LogP contribution < -0.4 is 10.5 Å². The molecule has 0 spiro atoms. The van der Waals surface area contributed by atoms with E-state index in [1.165, 1.54) is 44.6 Å². The van der Waals surface area contributed by atoms with Crippen molar-refractivity contribution in [2.75, 3.05) is 0 Å². The lowest BCUT2D eigenvalue weighted by atomic mass is 9.60. The second-order valence-corrected chi connectivity index (χ2v) is 9.78. The van der Waals surface area contributed by atoms with Crippen molar-refractivity contribution in [3.8, 4) is 5.75 Å². The number of esters is 1. The van der Waals surface area contributed by atoms with E-state index >= 15 is 4.39 Å². The first-order valence-corrected chi connectivity index (χ1v) is 12.2. The van der Waals surface area contributed by atoms with Gasteiger partial charge in [0.15, 0.2) is 0 Å². The fourth-order valence-corrected chi connectivity index (χ4v) is 5.54. The first-order chi connectivity index (χ1) is 14.5. The van der Waals surface area contributed by atoms with Gasteiger partial charge in [-0.2, -0.15) is 0 Å². The summed E-state index contributed by atoms with van der Waals surface area (Å²) in [6.45, 7) is 4.39. The number of rotatable bonds is 9. The van der Waals surface area contributed by atoms with Gasteiger partial charge in [0.2, 0.25) is 0 Å². The van der Waals surface area contributed by atoms with E-state index in [1.807, 2.05) is 6.07 Å². The Labute approximate surface area is 181 Å². The largest absolute Gasteiger partial charge is 0.426 e. The molecule has 0 aromatic heterocycles. The smallest absolute Gasteiger partial charge is 0.311 e. The normalized spacial score (nSPS) is 25.9. The van der Waals surface area contributed by atoms with Crippen LogP contribution in [0.25, 0.3) is 0 Å². The molecule has 2 bridgehead atoms. The number of carbonyl (C=O) groups is 1. The predicted octanol–water partition coefficient (Wildman–Crippen LogP) is 6.59. The van der Waals surface area contributed by atoms with Crippen LogP contribution in [0.3, 0.4) is 0 Å². The Kier molecular flexibility index (Phi) is 8.33. The number of hydrogen-bond acceptors (Lipinski definition) is 3. The van der Waals surface area contributed by atoms with Crippen molar-refractivity contribution in [2.24, 2.45) is 11.7 Å². The van der Waals surface area contributed by atoms with Gasteiger partial charge in [-0.25, -0.2) is 4.39 Å². The number of unbranched alkanes of at least 4 members (excludes halogenated alkanes) is 6. The second-order valence-electron chi connectivity index (χ2n) is 9.78. The third-order valence-electron chi connectivity index (χ3n) is 7.48. The minimum absolute atomic E-state index is 0.0309. The molecule has 2 N–H and O–H groups in total. The number of benzene rings is 1. The van der Waals surface area contributed by atoms with Crippen molar-refractivity contribution in [1.29, 1.82) is 0 Å². The lowest BCUT2D eigenvalue weighted by Gasteiger charge is -2.47. The Morgan fingerprint density at radius 1 is 1.13 bits per heavy atom. The lowest BCUT2D eigenvalue weighted by molar-refractivity contribution is -0.134. The minimum Gasteiger partial charge on any atom is -0.426 e. The van der Waals surface area contributed by atoms with Gasteiger partial charge in [0, 0.05) is 23.9 Å². The summed E-state index contributed by atoms with van der Waals surface area (Å²) < 4.78 is 20.6. The molecule has 3 rings (SSSR count). The van der Waals surface area contributed by atoms with E-state index < -0.39 is 0 Å². The molecule has 3 atom stereocenters. The van der Waals surface area contributed by atoms with Gasteiger partial charge in [-0.15, -0.1) is 0 Å². The summed E-state index contributed by atoms with van der Waals surface area (Å²) in [7, 11) is 0. The summed E-state index contributed by atoms with van der Waals surface area (Å²) in [6, 6.07) is 3.34. The third kappa shape index (κ3) is 5.43. The molecule has 168 valence electrons. The van der Waals surface area contributed by atoms with E-state index in [0.29, 0.717) is 24.5 Å². The zero-order chi connectivity index (χ0) is 21.6. The van der Waals surface area contributed by atoms with Crippen LogP contribution in [0.4, 0.5) is 4.39 Å². The molecule has 1 unspecified atom stereocenters. The molecular formula is C26H40FNO2. The SMILES string of the molecule is CCCCCCCCCC(=O)Oc1cc(F)c2c(c1)[C@@]1(C)CCCCCC(C2)[C@@H]1N. The minimum atomic E-state index is -0.260. The highest BCUT2D eigenvalue weighted by atomic mass is 19.1. The summed E-state index contributed by atoms with van der Waals surface area (Å²) >= 11 is 0. The molecular weight excluding hydrogens is 377 g/mol. The molecule has 30 heavy (non-hydrogen) atoms. The molecule has 0 heterocycles. The fourth-order valence-electron chi connectivity index (χ4n) is 5.54. The van der Waals surface area contributed by atoms with Crippen LogP contribution in [0.1, 0.15) is 108 Å². The molecule has 4 heteroatoms. The fraction of sp³-hybridized carbons (Fsp3) is 0.731. The van der Waals surface area contributed by atoms with Crippen LogP contribution in [-0.4, -0.2) is 12.0 Å². The molecule has 1 saturated carbocycles. The summed E-state index contributed by atoms with van der Waals surface area (Å²) in [5, 5.41) is 0. The van der Waals surface area contributed by atoms with Crippen LogP contribution in [0.5, 0.6) is 5.75 Å². The number of fused-ring (bicyclic) bond motifs is 4. The Hall–Kier alpha value is -1.42. The molecule has 1 fully saturated rings. The van der Waals surface area contributed by atoms with Crippen molar-refractivity contribution in [3.63, 3.8) is 0 Å².